The van der Waals surface area contributed by atoms with Gasteiger partial charge in [0.25, 0.3) is 0 Å². The van der Waals surface area contributed by atoms with Gasteiger partial charge < -0.3 is 5.11 Å². The van der Waals surface area contributed by atoms with Crippen molar-refractivity contribution in [3.63, 3.8) is 0 Å². The summed E-state index contributed by atoms with van der Waals surface area (Å²) in [4.78, 5) is 14.7. The molecule has 0 aromatic carbocycles. The summed E-state index contributed by atoms with van der Waals surface area (Å²) in [5.74, 6) is -0.800. The maximum absolute atomic E-state index is 10.7. The number of aliphatic carboxylic acids is 1. The molecular formula is C12H22N2O2. The van der Waals surface area contributed by atoms with Gasteiger partial charge in [0.15, 0.2) is 0 Å². The lowest BCUT2D eigenvalue weighted by Crippen LogP contribution is -2.48. The molecule has 1 unspecified atom stereocenters. The highest BCUT2D eigenvalue weighted by Gasteiger charge is 2.19. The van der Waals surface area contributed by atoms with E-state index in [2.05, 4.69) is 18.1 Å². The number of nitrogens with zero attached hydrogens (tertiary/aromatic N) is 2. The van der Waals surface area contributed by atoms with E-state index in [-0.39, 0.29) is 12.7 Å². The van der Waals surface area contributed by atoms with Crippen LogP contribution < -0.4 is 0 Å². The van der Waals surface area contributed by atoms with Crippen LogP contribution in [0.1, 0.15) is 13.8 Å². The summed E-state index contributed by atoms with van der Waals surface area (Å²) in [6.45, 7) is 13.6. The Morgan fingerprint density at radius 2 is 1.81 bits per heavy atom. The zero-order valence-corrected chi connectivity index (χ0v) is 10.2. The van der Waals surface area contributed by atoms with Crippen molar-refractivity contribution in [2.75, 3.05) is 26.2 Å². The summed E-state index contributed by atoms with van der Waals surface area (Å²) >= 11 is 0. The van der Waals surface area contributed by atoms with Crippen molar-refractivity contribution in [3.8, 4) is 0 Å². The van der Waals surface area contributed by atoms with Crippen LogP contribution in [-0.4, -0.2) is 53.2 Å². The number of hydrogen-bond donors (Lipinski definition) is 1. The zero-order valence-electron chi connectivity index (χ0n) is 10.2. The minimum Gasteiger partial charge on any atom is -0.480 e. The molecule has 0 fully saturated rings. The van der Waals surface area contributed by atoms with E-state index in [1.807, 2.05) is 30.9 Å². The molecule has 1 atom stereocenters. The standard InChI is InChI=1S/C12H22N2O2/c1-5-8-14(9-6-2)11(4)13(7-3)10-12(15)16/h5-6,11H,1-2,7-10H2,3-4H3,(H,15,16). The van der Waals surface area contributed by atoms with Crippen LogP contribution in [0.4, 0.5) is 0 Å². The first-order valence-corrected chi connectivity index (χ1v) is 5.48. The van der Waals surface area contributed by atoms with Crippen molar-refractivity contribution in [2.24, 2.45) is 0 Å². The summed E-state index contributed by atoms with van der Waals surface area (Å²) in [5, 5.41) is 8.80. The van der Waals surface area contributed by atoms with Crippen molar-refractivity contribution in [3.05, 3.63) is 25.3 Å². The second-order valence-corrected chi connectivity index (χ2v) is 3.62. The molecule has 4 nitrogen and oxygen atoms in total. The van der Waals surface area contributed by atoms with Crippen LogP contribution in [0.5, 0.6) is 0 Å². The fourth-order valence-corrected chi connectivity index (χ4v) is 1.62. The highest BCUT2D eigenvalue weighted by molar-refractivity contribution is 5.69. The van der Waals surface area contributed by atoms with Crippen LogP contribution in [0.25, 0.3) is 0 Å². The first-order valence-electron chi connectivity index (χ1n) is 5.48. The largest absolute Gasteiger partial charge is 0.480 e. The quantitative estimate of drug-likeness (QED) is 0.477. The number of rotatable bonds is 9. The van der Waals surface area contributed by atoms with Gasteiger partial charge in [0, 0.05) is 13.1 Å². The molecule has 0 rings (SSSR count). The van der Waals surface area contributed by atoms with E-state index in [1.165, 1.54) is 0 Å². The summed E-state index contributed by atoms with van der Waals surface area (Å²) in [6, 6.07) is 0. The summed E-state index contributed by atoms with van der Waals surface area (Å²) in [7, 11) is 0. The van der Waals surface area contributed by atoms with E-state index in [9.17, 15) is 4.79 Å². The Morgan fingerprint density at radius 1 is 1.31 bits per heavy atom. The summed E-state index contributed by atoms with van der Waals surface area (Å²) < 4.78 is 0. The normalized spacial score (nSPS) is 12.8. The number of carboxylic acids is 1. The lowest BCUT2D eigenvalue weighted by Gasteiger charge is -2.35. The Hall–Kier alpha value is -1.13. The molecule has 92 valence electrons. The Kier molecular flexibility index (Phi) is 7.50. The smallest absolute Gasteiger partial charge is 0.317 e. The van der Waals surface area contributed by atoms with E-state index in [0.717, 1.165) is 13.1 Å². The molecule has 0 bridgehead atoms. The van der Waals surface area contributed by atoms with Gasteiger partial charge in [0.1, 0.15) is 0 Å². The van der Waals surface area contributed by atoms with Gasteiger partial charge >= 0.3 is 5.97 Å². The molecular weight excluding hydrogens is 204 g/mol. The third-order valence-electron chi connectivity index (χ3n) is 2.53. The van der Waals surface area contributed by atoms with Gasteiger partial charge in [-0.2, -0.15) is 0 Å². The number of carbonyl (C=O) groups is 1. The molecule has 0 spiro atoms. The molecule has 0 radical (unpaired) electrons. The predicted octanol–water partition coefficient (Wildman–Crippen LogP) is 1.41. The van der Waals surface area contributed by atoms with Crippen molar-refractivity contribution in [1.82, 2.24) is 9.80 Å². The minimum absolute atomic E-state index is 0.0580. The molecule has 0 heterocycles. The molecule has 0 aromatic rings. The SMILES string of the molecule is C=CCN(CC=C)C(C)N(CC)CC(=O)O. The summed E-state index contributed by atoms with van der Waals surface area (Å²) in [6.07, 6.45) is 3.69. The highest BCUT2D eigenvalue weighted by atomic mass is 16.4. The topological polar surface area (TPSA) is 43.8 Å². The molecule has 0 aliphatic carbocycles. The van der Waals surface area contributed by atoms with Crippen LogP contribution in [-0.2, 0) is 4.79 Å². The van der Waals surface area contributed by atoms with Gasteiger partial charge in [-0.25, -0.2) is 0 Å². The van der Waals surface area contributed by atoms with Gasteiger partial charge in [-0.05, 0) is 13.5 Å². The average Bonchev–Trinajstić information content (AvgIpc) is 2.24. The molecule has 0 aromatic heterocycles. The Labute approximate surface area is 97.8 Å². The second kappa shape index (κ2) is 8.07. The minimum atomic E-state index is -0.800. The highest BCUT2D eigenvalue weighted by Crippen LogP contribution is 2.05. The van der Waals surface area contributed by atoms with Gasteiger partial charge in [-0.15, -0.1) is 13.2 Å². The van der Waals surface area contributed by atoms with Gasteiger partial charge in [-0.3, -0.25) is 14.6 Å². The van der Waals surface area contributed by atoms with E-state index in [4.69, 9.17) is 5.11 Å². The van der Waals surface area contributed by atoms with Gasteiger partial charge in [0.05, 0.1) is 12.7 Å². The van der Waals surface area contributed by atoms with E-state index < -0.39 is 5.97 Å². The maximum atomic E-state index is 10.7. The number of likely N-dealkylation sites (N-methyl/N-ethyl adjacent to an activating group) is 1. The van der Waals surface area contributed by atoms with Crippen molar-refractivity contribution in [2.45, 2.75) is 20.0 Å². The summed E-state index contributed by atoms with van der Waals surface area (Å²) in [5.41, 5.74) is 0. The van der Waals surface area contributed by atoms with E-state index in [1.54, 1.807) is 0 Å². The first-order chi connectivity index (χ1) is 7.56. The van der Waals surface area contributed by atoms with Crippen LogP contribution in [0.15, 0.2) is 25.3 Å². The van der Waals surface area contributed by atoms with Gasteiger partial charge in [0.2, 0.25) is 0 Å². The third kappa shape index (κ3) is 5.09. The molecule has 4 heteroatoms. The Balaban J connectivity index is 4.51. The first kappa shape index (κ1) is 14.9. The number of carboxylic acid groups (broad SMARTS) is 1. The third-order valence-corrected chi connectivity index (χ3v) is 2.53. The van der Waals surface area contributed by atoms with Crippen molar-refractivity contribution in [1.29, 1.82) is 0 Å². The predicted molar refractivity (Wildman–Crippen MR) is 66.3 cm³/mol. The number of hydrogen-bond acceptors (Lipinski definition) is 3. The Bertz CT molecular complexity index is 231. The fourth-order valence-electron chi connectivity index (χ4n) is 1.62. The van der Waals surface area contributed by atoms with Gasteiger partial charge in [-0.1, -0.05) is 19.1 Å². The molecule has 1 N–H and O–H groups in total. The molecule has 0 amide bonds. The molecule has 16 heavy (non-hydrogen) atoms. The molecule has 0 saturated heterocycles. The van der Waals surface area contributed by atoms with Crippen LogP contribution >= 0.6 is 0 Å². The molecule has 0 saturated carbocycles. The van der Waals surface area contributed by atoms with Crippen molar-refractivity contribution < 1.29 is 9.90 Å². The lowest BCUT2D eigenvalue weighted by molar-refractivity contribution is -0.139. The van der Waals surface area contributed by atoms with Crippen LogP contribution in [0, 0.1) is 0 Å². The second-order valence-electron chi connectivity index (χ2n) is 3.62. The van der Waals surface area contributed by atoms with E-state index >= 15 is 0 Å². The van der Waals surface area contributed by atoms with Crippen molar-refractivity contribution >= 4 is 5.97 Å². The van der Waals surface area contributed by atoms with Crippen LogP contribution in [0.2, 0.25) is 0 Å². The Morgan fingerprint density at radius 3 is 2.12 bits per heavy atom. The lowest BCUT2D eigenvalue weighted by atomic mass is 10.3. The maximum Gasteiger partial charge on any atom is 0.317 e. The van der Waals surface area contributed by atoms with E-state index in [0.29, 0.717) is 6.54 Å². The molecule has 0 aliphatic heterocycles. The monoisotopic (exact) mass is 226 g/mol. The molecule has 0 aliphatic rings. The zero-order chi connectivity index (χ0) is 12.6. The fraction of sp³-hybridized carbons (Fsp3) is 0.583. The average molecular weight is 226 g/mol. The van der Waals surface area contributed by atoms with Crippen LogP contribution in [0.3, 0.4) is 0 Å².